The fraction of sp³-hybridized carbons (Fsp3) is 0.611. The lowest BCUT2D eigenvalue weighted by atomic mass is 10.0. The molecule has 130 valence electrons. The summed E-state index contributed by atoms with van der Waals surface area (Å²) in [6, 6.07) is 10.6. The number of nitrogens with zero attached hydrogens (tertiary/aromatic N) is 2. The molecule has 0 bridgehead atoms. The predicted molar refractivity (Wildman–Crippen MR) is 97.6 cm³/mol. The van der Waals surface area contributed by atoms with Gasteiger partial charge in [0, 0.05) is 32.2 Å². The summed E-state index contributed by atoms with van der Waals surface area (Å²) in [6.45, 7) is 9.70. The Hall–Kier alpha value is -1.10. The third-order valence-corrected chi connectivity index (χ3v) is 4.64. The third-order valence-electron chi connectivity index (χ3n) is 4.64. The lowest BCUT2D eigenvalue weighted by Gasteiger charge is -2.27. The molecule has 4 nitrogen and oxygen atoms in total. The van der Waals surface area contributed by atoms with Crippen LogP contribution in [0.2, 0.25) is 0 Å². The molecule has 0 radical (unpaired) electrons. The molecule has 1 fully saturated rings. The predicted octanol–water partition coefficient (Wildman–Crippen LogP) is 2.51. The Morgan fingerprint density at radius 2 is 1.87 bits per heavy atom. The second-order valence-electron chi connectivity index (χ2n) is 6.69. The zero-order valence-corrected chi connectivity index (χ0v) is 15.3. The first kappa shape index (κ1) is 19.9. The Morgan fingerprint density at radius 3 is 2.48 bits per heavy atom. The lowest BCUT2D eigenvalue weighted by Crippen LogP contribution is -2.47. The van der Waals surface area contributed by atoms with Crippen LogP contribution in [-0.4, -0.2) is 47.4 Å². The standard InChI is InChI=1S/C18H29N3O.ClH/c1-14(2)17(19)18(22)20-10-9-15(3)21(12-11-20)13-16-7-5-4-6-8-16;/h4-8,14-15,17H,9-13,19H2,1-3H3;1H/t15?,17-;/m0./s1. The van der Waals surface area contributed by atoms with E-state index in [1.54, 1.807) is 0 Å². The van der Waals surface area contributed by atoms with Gasteiger partial charge in [0.2, 0.25) is 5.91 Å². The molecule has 1 aromatic carbocycles. The van der Waals surface area contributed by atoms with Crippen molar-refractivity contribution < 1.29 is 4.79 Å². The zero-order valence-electron chi connectivity index (χ0n) is 14.4. The Morgan fingerprint density at radius 1 is 1.22 bits per heavy atom. The summed E-state index contributed by atoms with van der Waals surface area (Å²) >= 11 is 0. The number of nitrogens with two attached hydrogens (primary N) is 1. The highest BCUT2D eigenvalue weighted by molar-refractivity contribution is 5.85. The van der Waals surface area contributed by atoms with Crippen LogP contribution >= 0.6 is 12.4 Å². The maximum absolute atomic E-state index is 12.4. The van der Waals surface area contributed by atoms with Gasteiger partial charge in [-0.05, 0) is 24.8 Å². The van der Waals surface area contributed by atoms with Gasteiger partial charge in [-0.25, -0.2) is 0 Å². The fourth-order valence-electron chi connectivity index (χ4n) is 2.88. The van der Waals surface area contributed by atoms with Gasteiger partial charge in [-0.3, -0.25) is 9.69 Å². The number of hydrogen-bond acceptors (Lipinski definition) is 3. The van der Waals surface area contributed by atoms with Crippen LogP contribution in [0.25, 0.3) is 0 Å². The SMILES string of the molecule is CC(C)[C@H](N)C(=O)N1CCC(C)N(Cc2ccccc2)CC1.Cl. The van der Waals surface area contributed by atoms with Crippen LogP contribution in [0.1, 0.15) is 32.8 Å². The van der Waals surface area contributed by atoms with Crippen molar-refractivity contribution in [3.05, 3.63) is 35.9 Å². The van der Waals surface area contributed by atoms with Gasteiger partial charge in [0.25, 0.3) is 0 Å². The second kappa shape index (κ2) is 9.26. The molecule has 0 aliphatic carbocycles. The number of hydrogen-bond donors (Lipinski definition) is 1. The molecule has 0 spiro atoms. The number of amides is 1. The first-order valence-corrected chi connectivity index (χ1v) is 8.31. The summed E-state index contributed by atoms with van der Waals surface area (Å²) in [5.74, 6) is 0.289. The average Bonchev–Trinajstić information content (AvgIpc) is 2.69. The van der Waals surface area contributed by atoms with E-state index in [4.69, 9.17) is 5.73 Å². The van der Waals surface area contributed by atoms with E-state index in [1.807, 2.05) is 24.8 Å². The van der Waals surface area contributed by atoms with Crippen LogP contribution in [0.5, 0.6) is 0 Å². The van der Waals surface area contributed by atoms with Gasteiger partial charge in [0.1, 0.15) is 0 Å². The molecule has 0 saturated carbocycles. The normalized spacial score (nSPS) is 20.7. The molecular formula is C18H30ClN3O. The Balaban J connectivity index is 0.00000264. The molecule has 0 aromatic heterocycles. The van der Waals surface area contributed by atoms with E-state index in [9.17, 15) is 4.79 Å². The van der Waals surface area contributed by atoms with Gasteiger partial charge in [-0.15, -0.1) is 12.4 Å². The first-order valence-electron chi connectivity index (χ1n) is 8.31. The van der Waals surface area contributed by atoms with Crippen LogP contribution in [0, 0.1) is 5.92 Å². The molecule has 1 heterocycles. The topological polar surface area (TPSA) is 49.6 Å². The van der Waals surface area contributed by atoms with Gasteiger partial charge in [0.15, 0.2) is 0 Å². The van der Waals surface area contributed by atoms with E-state index in [0.717, 1.165) is 32.6 Å². The quantitative estimate of drug-likeness (QED) is 0.917. The molecule has 1 saturated heterocycles. The smallest absolute Gasteiger partial charge is 0.239 e. The van der Waals surface area contributed by atoms with Gasteiger partial charge in [0.05, 0.1) is 6.04 Å². The maximum atomic E-state index is 12.4. The minimum atomic E-state index is -0.379. The van der Waals surface area contributed by atoms with Crippen LogP contribution in [0.3, 0.4) is 0 Å². The highest BCUT2D eigenvalue weighted by atomic mass is 35.5. The Bertz CT molecular complexity index is 480. The minimum Gasteiger partial charge on any atom is -0.340 e. The molecule has 1 aliphatic rings. The molecule has 2 N–H and O–H groups in total. The zero-order chi connectivity index (χ0) is 16.1. The summed E-state index contributed by atoms with van der Waals surface area (Å²) in [5, 5.41) is 0. The average molecular weight is 340 g/mol. The van der Waals surface area contributed by atoms with Crippen molar-refractivity contribution in [3.63, 3.8) is 0 Å². The largest absolute Gasteiger partial charge is 0.340 e. The molecule has 5 heteroatoms. The minimum absolute atomic E-state index is 0. The van der Waals surface area contributed by atoms with Crippen LogP contribution < -0.4 is 5.73 Å². The monoisotopic (exact) mass is 339 g/mol. The number of carbonyl (C=O) groups is 1. The second-order valence-corrected chi connectivity index (χ2v) is 6.69. The van der Waals surface area contributed by atoms with Crippen molar-refractivity contribution >= 4 is 18.3 Å². The number of halogens is 1. The molecule has 1 amide bonds. The molecule has 2 rings (SSSR count). The van der Waals surface area contributed by atoms with Crippen molar-refractivity contribution in [1.29, 1.82) is 0 Å². The van der Waals surface area contributed by atoms with E-state index in [-0.39, 0.29) is 30.3 Å². The highest BCUT2D eigenvalue weighted by Gasteiger charge is 2.27. The summed E-state index contributed by atoms with van der Waals surface area (Å²) < 4.78 is 0. The van der Waals surface area contributed by atoms with Crippen LogP contribution in [0.4, 0.5) is 0 Å². The Kier molecular flexibility index (Phi) is 8.03. The lowest BCUT2D eigenvalue weighted by molar-refractivity contribution is -0.133. The van der Waals surface area contributed by atoms with Crippen molar-refractivity contribution in [3.8, 4) is 0 Å². The van der Waals surface area contributed by atoms with Gasteiger partial charge >= 0.3 is 0 Å². The summed E-state index contributed by atoms with van der Waals surface area (Å²) in [6.07, 6.45) is 1.00. The number of carbonyl (C=O) groups excluding carboxylic acids is 1. The van der Waals surface area contributed by atoms with Crippen molar-refractivity contribution in [2.45, 2.75) is 45.8 Å². The van der Waals surface area contributed by atoms with Crippen LogP contribution in [0.15, 0.2) is 30.3 Å². The number of rotatable bonds is 4. The van der Waals surface area contributed by atoms with Gasteiger partial charge in [-0.1, -0.05) is 44.2 Å². The molecule has 2 atom stereocenters. The summed E-state index contributed by atoms with van der Waals surface area (Å²) in [7, 11) is 0. The maximum Gasteiger partial charge on any atom is 0.239 e. The summed E-state index contributed by atoms with van der Waals surface area (Å²) in [4.78, 5) is 16.9. The molecular weight excluding hydrogens is 310 g/mol. The Labute approximate surface area is 146 Å². The fourth-order valence-corrected chi connectivity index (χ4v) is 2.88. The molecule has 1 aliphatic heterocycles. The van der Waals surface area contributed by atoms with Gasteiger partial charge in [-0.2, -0.15) is 0 Å². The van der Waals surface area contributed by atoms with E-state index in [1.165, 1.54) is 5.56 Å². The van der Waals surface area contributed by atoms with Crippen LogP contribution in [-0.2, 0) is 11.3 Å². The van der Waals surface area contributed by atoms with Crippen molar-refractivity contribution in [2.24, 2.45) is 11.7 Å². The molecule has 23 heavy (non-hydrogen) atoms. The first-order chi connectivity index (χ1) is 10.5. The molecule has 1 unspecified atom stereocenters. The summed E-state index contributed by atoms with van der Waals surface area (Å²) in [5.41, 5.74) is 7.36. The van der Waals surface area contributed by atoms with E-state index < -0.39 is 0 Å². The van der Waals surface area contributed by atoms with Crippen molar-refractivity contribution in [2.75, 3.05) is 19.6 Å². The highest BCUT2D eigenvalue weighted by Crippen LogP contribution is 2.16. The van der Waals surface area contributed by atoms with E-state index in [0.29, 0.717) is 6.04 Å². The third kappa shape index (κ3) is 5.48. The number of benzene rings is 1. The van der Waals surface area contributed by atoms with E-state index >= 15 is 0 Å². The van der Waals surface area contributed by atoms with Gasteiger partial charge < -0.3 is 10.6 Å². The molecule has 1 aromatic rings. The van der Waals surface area contributed by atoms with E-state index in [2.05, 4.69) is 36.1 Å². The van der Waals surface area contributed by atoms with Crippen molar-refractivity contribution in [1.82, 2.24) is 9.80 Å².